The third kappa shape index (κ3) is 7.19. The number of anilines is 1. The third-order valence-electron chi connectivity index (χ3n) is 6.19. The number of nitrogens with zero attached hydrogens (tertiary/aromatic N) is 2. The van der Waals surface area contributed by atoms with Crippen LogP contribution in [0.4, 0.5) is 10.1 Å². The zero-order chi connectivity index (χ0) is 27.9. The Hall–Kier alpha value is -3.72. The summed E-state index contributed by atoms with van der Waals surface area (Å²) in [6, 6.07) is 17.9. The molecule has 0 saturated heterocycles. The molecule has 3 rings (SSSR count). The molecule has 0 radical (unpaired) electrons. The van der Waals surface area contributed by atoms with Crippen molar-refractivity contribution in [2.75, 3.05) is 17.4 Å². The molecule has 0 saturated carbocycles. The lowest BCUT2D eigenvalue weighted by Gasteiger charge is -2.32. The maximum Gasteiger partial charge on any atom is 0.264 e. The minimum atomic E-state index is -4.23. The van der Waals surface area contributed by atoms with Crippen molar-refractivity contribution in [3.63, 3.8) is 0 Å². The van der Waals surface area contributed by atoms with Crippen molar-refractivity contribution in [1.29, 1.82) is 0 Å². The van der Waals surface area contributed by atoms with Gasteiger partial charge in [0.2, 0.25) is 11.8 Å². The highest BCUT2D eigenvalue weighted by Crippen LogP contribution is 2.25. The second-order valence-corrected chi connectivity index (χ2v) is 11.1. The lowest BCUT2D eigenvalue weighted by atomic mass is 10.1. The molecule has 0 heterocycles. The highest BCUT2D eigenvalue weighted by molar-refractivity contribution is 7.92. The van der Waals surface area contributed by atoms with E-state index < -0.39 is 34.3 Å². The van der Waals surface area contributed by atoms with Crippen LogP contribution in [-0.2, 0) is 26.2 Å². The number of hydrogen-bond donors (Lipinski definition) is 1. The molecule has 0 aliphatic rings. The normalized spacial score (nSPS) is 12.0. The molecular formula is C29H34FN3O4S. The number of hydrogen-bond acceptors (Lipinski definition) is 4. The SMILES string of the molecule is CCCNC(=O)[C@@H](C)N(Cc1ccc(C)cc1)C(=O)CN(c1ccc(C)cc1)S(=O)(=O)c1ccc(F)cc1. The smallest absolute Gasteiger partial charge is 0.264 e. The molecule has 0 fully saturated rings. The topological polar surface area (TPSA) is 86.8 Å². The largest absolute Gasteiger partial charge is 0.354 e. The van der Waals surface area contributed by atoms with Gasteiger partial charge in [0.1, 0.15) is 18.4 Å². The van der Waals surface area contributed by atoms with Gasteiger partial charge in [0.15, 0.2) is 0 Å². The van der Waals surface area contributed by atoms with E-state index in [2.05, 4.69) is 5.32 Å². The average molecular weight is 540 g/mol. The first kappa shape index (κ1) is 28.8. The van der Waals surface area contributed by atoms with Crippen LogP contribution < -0.4 is 9.62 Å². The van der Waals surface area contributed by atoms with E-state index in [0.717, 1.165) is 39.5 Å². The Balaban J connectivity index is 2.00. The monoisotopic (exact) mass is 539 g/mol. The number of carbonyl (C=O) groups is 2. The number of carbonyl (C=O) groups excluding carboxylic acids is 2. The van der Waals surface area contributed by atoms with E-state index in [1.54, 1.807) is 31.2 Å². The Labute approximate surface area is 224 Å². The molecular weight excluding hydrogens is 505 g/mol. The van der Waals surface area contributed by atoms with E-state index >= 15 is 0 Å². The van der Waals surface area contributed by atoms with Gasteiger partial charge in [-0.1, -0.05) is 54.4 Å². The van der Waals surface area contributed by atoms with Gasteiger partial charge >= 0.3 is 0 Å². The molecule has 9 heteroatoms. The molecule has 38 heavy (non-hydrogen) atoms. The van der Waals surface area contributed by atoms with Crippen molar-refractivity contribution in [2.45, 2.75) is 51.6 Å². The lowest BCUT2D eigenvalue weighted by molar-refractivity contribution is -0.139. The summed E-state index contributed by atoms with van der Waals surface area (Å²) in [5, 5.41) is 2.81. The zero-order valence-corrected chi connectivity index (χ0v) is 23.0. The average Bonchev–Trinajstić information content (AvgIpc) is 2.90. The molecule has 202 valence electrons. The minimum absolute atomic E-state index is 0.123. The Bertz CT molecular complexity index is 1340. The fourth-order valence-corrected chi connectivity index (χ4v) is 5.26. The van der Waals surface area contributed by atoms with Crippen LogP contribution in [0.1, 0.15) is 37.0 Å². The Kier molecular flexibility index (Phi) is 9.63. The molecule has 1 atom stereocenters. The summed E-state index contributed by atoms with van der Waals surface area (Å²) in [6.45, 7) is 7.42. The van der Waals surface area contributed by atoms with Gasteiger partial charge in [-0.3, -0.25) is 13.9 Å². The molecule has 2 amide bonds. The molecule has 1 N–H and O–H groups in total. The van der Waals surface area contributed by atoms with Gasteiger partial charge < -0.3 is 10.2 Å². The van der Waals surface area contributed by atoms with Crippen LogP contribution >= 0.6 is 0 Å². The molecule has 0 bridgehead atoms. The second kappa shape index (κ2) is 12.7. The van der Waals surface area contributed by atoms with Gasteiger partial charge in [-0.05, 0) is 69.2 Å². The summed E-state index contributed by atoms with van der Waals surface area (Å²) in [6.07, 6.45) is 0.738. The quantitative estimate of drug-likeness (QED) is 0.387. The predicted molar refractivity (Wildman–Crippen MR) is 147 cm³/mol. The number of nitrogens with one attached hydrogen (secondary N) is 1. The summed E-state index contributed by atoms with van der Waals surface area (Å²) >= 11 is 0. The van der Waals surface area contributed by atoms with Crippen molar-refractivity contribution in [3.05, 3.63) is 95.3 Å². The van der Waals surface area contributed by atoms with Gasteiger partial charge in [0, 0.05) is 13.1 Å². The first-order valence-electron chi connectivity index (χ1n) is 12.5. The predicted octanol–water partition coefficient (Wildman–Crippen LogP) is 4.58. The summed E-state index contributed by atoms with van der Waals surface area (Å²) in [5.74, 6) is -1.44. The van der Waals surface area contributed by atoms with Crippen molar-refractivity contribution in [2.24, 2.45) is 0 Å². The van der Waals surface area contributed by atoms with Crippen LogP contribution in [0.25, 0.3) is 0 Å². The van der Waals surface area contributed by atoms with Crippen LogP contribution in [0.15, 0.2) is 77.7 Å². The minimum Gasteiger partial charge on any atom is -0.354 e. The van der Waals surface area contributed by atoms with E-state index in [-0.39, 0.29) is 23.0 Å². The van der Waals surface area contributed by atoms with Gasteiger partial charge in [-0.15, -0.1) is 0 Å². The molecule has 3 aromatic rings. The zero-order valence-electron chi connectivity index (χ0n) is 22.1. The Morgan fingerprint density at radius 1 is 0.895 bits per heavy atom. The molecule has 0 aromatic heterocycles. The van der Waals surface area contributed by atoms with Crippen LogP contribution in [0.2, 0.25) is 0 Å². The number of sulfonamides is 1. The summed E-state index contributed by atoms with van der Waals surface area (Å²) in [4.78, 5) is 27.9. The molecule has 0 aliphatic carbocycles. The highest BCUT2D eigenvalue weighted by atomic mass is 32.2. The Morgan fingerprint density at radius 2 is 1.45 bits per heavy atom. The molecule has 0 spiro atoms. The number of amides is 2. The van der Waals surface area contributed by atoms with Crippen LogP contribution in [0, 0.1) is 19.7 Å². The van der Waals surface area contributed by atoms with Crippen molar-refractivity contribution >= 4 is 27.5 Å². The Morgan fingerprint density at radius 3 is 2.00 bits per heavy atom. The number of aryl methyl sites for hydroxylation is 2. The van der Waals surface area contributed by atoms with Crippen LogP contribution in [-0.4, -0.2) is 44.3 Å². The number of halogens is 1. The standard InChI is InChI=1S/C29H34FN3O4S/c1-5-18-31-29(35)23(4)32(19-24-10-6-21(2)7-11-24)28(34)20-33(26-14-8-22(3)9-15-26)38(36,37)27-16-12-25(30)13-17-27/h6-17,23H,5,18-20H2,1-4H3,(H,31,35)/t23-/m1/s1. The van der Waals surface area contributed by atoms with Gasteiger partial charge in [-0.2, -0.15) is 0 Å². The van der Waals surface area contributed by atoms with E-state index in [9.17, 15) is 22.4 Å². The summed E-state index contributed by atoms with van der Waals surface area (Å²) < 4.78 is 41.9. The fourth-order valence-electron chi connectivity index (χ4n) is 3.84. The maximum atomic E-state index is 13.8. The first-order valence-corrected chi connectivity index (χ1v) is 13.9. The summed E-state index contributed by atoms with van der Waals surface area (Å²) in [5.41, 5.74) is 3.06. The second-order valence-electron chi connectivity index (χ2n) is 9.28. The molecule has 0 aliphatic heterocycles. The van der Waals surface area contributed by atoms with Crippen LogP contribution in [0.5, 0.6) is 0 Å². The van der Waals surface area contributed by atoms with Crippen molar-refractivity contribution in [3.8, 4) is 0 Å². The highest BCUT2D eigenvalue weighted by Gasteiger charge is 2.32. The molecule has 3 aromatic carbocycles. The van der Waals surface area contributed by atoms with Crippen molar-refractivity contribution < 1.29 is 22.4 Å². The summed E-state index contributed by atoms with van der Waals surface area (Å²) in [7, 11) is -4.23. The number of benzene rings is 3. The van der Waals surface area contributed by atoms with E-state index in [1.807, 2.05) is 45.0 Å². The first-order chi connectivity index (χ1) is 18.0. The van der Waals surface area contributed by atoms with Gasteiger partial charge in [0.25, 0.3) is 10.0 Å². The van der Waals surface area contributed by atoms with E-state index in [4.69, 9.17) is 0 Å². The van der Waals surface area contributed by atoms with Crippen molar-refractivity contribution in [1.82, 2.24) is 10.2 Å². The maximum absolute atomic E-state index is 13.8. The number of rotatable bonds is 11. The lowest BCUT2D eigenvalue weighted by Crippen LogP contribution is -2.51. The van der Waals surface area contributed by atoms with Crippen LogP contribution in [0.3, 0.4) is 0 Å². The van der Waals surface area contributed by atoms with E-state index in [1.165, 1.54) is 17.0 Å². The molecule has 7 nitrogen and oxygen atoms in total. The van der Waals surface area contributed by atoms with Gasteiger partial charge in [0.05, 0.1) is 10.6 Å². The van der Waals surface area contributed by atoms with Gasteiger partial charge in [-0.25, -0.2) is 12.8 Å². The molecule has 0 unspecified atom stereocenters. The van der Waals surface area contributed by atoms with E-state index in [0.29, 0.717) is 6.54 Å². The third-order valence-corrected chi connectivity index (χ3v) is 7.98. The fraction of sp³-hybridized carbons (Fsp3) is 0.310.